The molecule has 0 radical (unpaired) electrons. The number of nitrogens with zero attached hydrogens (tertiary/aromatic N) is 2. The first kappa shape index (κ1) is 18.5. The third-order valence-electron chi connectivity index (χ3n) is 5.34. The first-order valence-electron chi connectivity index (χ1n) is 9.13. The molecule has 2 fully saturated rings. The van der Waals surface area contributed by atoms with E-state index in [0.29, 0.717) is 12.0 Å². The summed E-state index contributed by atoms with van der Waals surface area (Å²) < 4.78 is 0. The molecule has 6 heteroatoms. The van der Waals surface area contributed by atoms with Crippen LogP contribution in [0.25, 0.3) is 0 Å². The van der Waals surface area contributed by atoms with E-state index in [1.54, 1.807) is 6.92 Å². The summed E-state index contributed by atoms with van der Waals surface area (Å²) in [5.74, 6) is 0.714. The topological polar surface area (TPSA) is 35.6 Å². The van der Waals surface area contributed by atoms with E-state index in [-0.39, 0.29) is 5.91 Å². The third kappa shape index (κ3) is 4.64. The number of amides is 1. The van der Waals surface area contributed by atoms with E-state index in [2.05, 4.69) is 15.1 Å². The third-order valence-corrected chi connectivity index (χ3v) is 5.95. The number of piperidine rings is 2. The van der Waals surface area contributed by atoms with Crippen LogP contribution in [0.2, 0.25) is 5.02 Å². The Bertz CT molecular complexity index is 622. The van der Waals surface area contributed by atoms with Gasteiger partial charge in [-0.2, -0.15) is 0 Å². The Morgan fingerprint density at radius 1 is 1.16 bits per heavy atom. The van der Waals surface area contributed by atoms with Gasteiger partial charge in [-0.1, -0.05) is 11.6 Å². The summed E-state index contributed by atoms with van der Waals surface area (Å²) in [6, 6.07) is 7.97. The van der Waals surface area contributed by atoms with Crippen LogP contribution in [0.5, 0.6) is 0 Å². The van der Waals surface area contributed by atoms with Gasteiger partial charge in [0.05, 0.1) is 0 Å². The number of anilines is 1. The molecular formula is C19H26ClN3OS. The molecule has 0 aliphatic carbocycles. The van der Waals surface area contributed by atoms with Crippen LogP contribution in [0, 0.1) is 5.92 Å². The smallest absolute Gasteiger partial charge is 0.219 e. The Labute approximate surface area is 160 Å². The molecule has 0 aromatic heterocycles. The predicted octanol–water partition coefficient (Wildman–Crippen LogP) is 4.15. The fourth-order valence-electron chi connectivity index (χ4n) is 4.08. The van der Waals surface area contributed by atoms with Crippen molar-refractivity contribution in [1.82, 2.24) is 9.80 Å². The van der Waals surface area contributed by atoms with Crippen molar-refractivity contribution in [3.63, 3.8) is 0 Å². The van der Waals surface area contributed by atoms with Crippen molar-refractivity contribution in [3.8, 4) is 0 Å². The van der Waals surface area contributed by atoms with Crippen LogP contribution < -0.4 is 5.32 Å². The zero-order valence-electron chi connectivity index (χ0n) is 14.7. The Kier molecular flexibility index (Phi) is 6.18. The van der Waals surface area contributed by atoms with Crippen LogP contribution in [0.1, 0.15) is 39.0 Å². The summed E-state index contributed by atoms with van der Waals surface area (Å²) >= 11 is 11.6. The molecule has 1 aromatic carbocycles. The number of rotatable bonds is 2. The van der Waals surface area contributed by atoms with E-state index in [1.165, 1.54) is 12.8 Å². The normalized spacial score (nSPS) is 24.1. The standard InChI is InChI=1S/C19H26ClN3OS/c1-14(24)23-12-3-2-6-18(23)15-5-4-11-22(13-15)19(25)21-17-9-7-16(20)8-10-17/h7-10,15,18H,2-6,11-13H2,1H3,(H,21,25)/t15-,18-/m1/s1. The Morgan fingerprint density at radius 3 is 2.64 bits per heavy atom. The molecule has 4 nitrogen and oxygen atoms in total. The Morgan fingerprint density at radius 2 is 1.92 bits per heavy atom. The number of thiocarbonyl (C=S) groups is 1. The van der Waals surface area contributed by atoms with Gasteiger partial charge in [0.15, 0.2) is 5.11 Å². The number of hydrogen-bond acceptors (Lipinski definition) is 2. The fraction of sp³-hybridized carbons (Fsp3) is 0.579. The van der Waals surface area contributed by atoms with E-state index in [4.69, 9.17) is 23.8 Å². The van der Waals surface area contributed by atoms with E-state index in [0.717, 1.165) is 54.7 Å². The zero-order valence-corrected chi connectivity index (χ0v) is 16.3. The predicted molar refractivity (Wildman–Crippen MR) is 107 cm³/mol. The second-order valence-corrected chi connectivity index (χ2v) is 7.88. The molecule has 1 N–H and O–H groups in total. The van der Waals surface area contributed by atoms with Gasteiger partial charge in [-0.3, -0.25) is 4.79 Å². The maximum atomic E-state index is 12.0. The molecule has 0 bridgehead atoms. The monoisotopic (exact) mass is 379 g/mol. The van der Waals surface area contributed by atoms with E-state index in [1.807, 2.05) is 24.3 Å². The van der Waals surface area contributed by atoms with E-state index in [9.17, 15) is 4.79 Å². The van der Waals surface area contributed by atoms with E-state index < -0.39 is 0 Å². The molecule has 2 aliphatic heterocycles. The van der Waals surface area contributed by atoms with Gasteiger partial charge >= 0.3 is 0 Å². The van der Waals surface area contributed by atoms with Gasteiger partial charge in [-0.05, 0) is 74.5 Å². The average molecular weight is 380 g/mol. The van der Waals surface area contributed by atoms with Crippen molar-refractivity contribution in [1.29, 1.82) is 0 Å². The SMILES string of the molecule is CC(=O)N1CCCC[C@@H]1[C@@H]1CCCN(C(=S)Nc2ccc(Cl)cc2)C1. The maximum Gasteiger partial charge on any atom is 0.219 e. The van der Waals surface area contributed by atoms with Crippen molar-refractivity contribution < 1.29 is 4.79 Å². The van der Waals surface area contributed by atoms with Crippen LogP contribution in [-0.4, -0.2) is 46.5 Å². The summed E-state index contributed by atoms with van der Waals surface area (Å²) in [6.07, 6.45) is 5.76. The molecule has 0 spiro atoms. The van der Waals surface area contributed by atoms with Crippen molar-refractivity contribution in [2.75, 3.05) is 25.0 Å². The second-order valence-electron chi connectivity index (χ2n) is 7.06. The lowest BCUT2D eigenvalue weighted by Gasteiger charge is -2.44. The number of benzene rings is 1. The van der Waals surface area contributed by atoms with E-state index >= 15 is 0 Å². The summed E-state index contributed by atoms with van der Waals surface area (Å²) in [7, 11) is 0. The molecule has 25 heavy (non-hydrogen) atoms. The zero-order chi connectivity index (χ0) is 17.8. The highest BCUT2D eigenvalue weighted by molar-refractivity contribution is 7.80. The van der Waals surface area contributed by atoms with Crippen LogP contribution in [-0.2, 0) is 4.79 Å². The van der Waals surface area contributed by atoms with Crippen molar-refractivity contribution in [2.45, 2.75) is 45.1 Å². The molecular weight excluding hydrogens is 354 g/mol. The Balaban J connectivity index is 1.62. The molecule has 2 heterocycles. The summed E-state index contributed by atoms with van der Waals surface area (Å²) in [6.45, 7) is 4.51. The van der Waals surface area contributed by atoms with Gasteiger partial charge in [0.25, 0.3) is 0 Å². The van der Waals surface area contributed by atoms with Gasteiger partial charge in [0.1, 0.15) is 0 Å². The Hall–Kier alpha value is -1.33. The molecule has 1 aromatic rings. The minimum atomic E-state index is 0.212. The molecule has 2 atom stereocenters. The molecule has 0 unspecified atom stereocenters. The highest BCUT2D eigenvalue weighted by Gasteiger charge is 2.34. The number of likely N-dealkylation sites (tertiary alicyclic amines) is 2. The molecule has 3 rings (SSSR count). The lowest BCUT2D eigenvalue weighted by molar-refractivity contribution is -0.134. The van der Waals surface area contributed by atoms with Crippen LogP contribution in [0.15, 0.2) is 24.3 Å². The van der Waals surface area contributed by atoms with Crippen molar-refractivity contribution in [2.24, 2.45) is 5.92 Å². The number of hydrogen-bond donors (Lipinski definition) is 1. The van der Waals surface area contributed by atoms with Gasteiger partial charge in [-0.25, -0.2) is 0 Å². The molecule has 0 saturated carbocycles. The minimum Gasteiger partial charge on any atom is -0.349 e. The summed E-state index contributed by atoms with van der Waals surface area (Å²) in [5.41, 5.74) is 0.958. The molecule has 2 saturated heterocycles. The highest BCUT2D eigenvalue weighted by atomic mass is 35.5. The molecule has 1 amide bonds. The fourth-order valence-corrected chi connectivity index (χ4v) is 4.49. The van der Waals surface area contributed by atoms with Crippen molar-refractivity contribution >= 4 is 40.5 Å². The minimum absolute atomic E-state index is 0.212. The van der Waals surface area contributed by atoms with Gasteiger partial charge in [-0.15, -0.1) is 0 Å². The van der Waals surface area contributed by atoms with Gasteiger partial charge in [0, 0.05) is 43.3 Å². The average Bonchev–Trinajstić information content (AvgIpc) is 2.63. The quantitative estimate of drug-likeness (QED) is 0.783. The van der Waals surface area contributed by atoms with Crippen LogP contribution >= 0.6 is 23.8 Å². The highest BCUT2D eigenvalue weighted by Crippen LogP contribution is 2.30. The first-order chi connectivity index (χ1) is 12.0. The van der Waals surface area contributed by atoms with Crippen molar-refractivity contribution in [3.05, 3.63) is 29.3 Å². The number of carbonyl (C=O) groups is 1. The molecule has 2 aliphatic rings. The lowest BCUT2D eigenvalue weighted by Crippen LogP contribution is -2.52. The van der Waals surface area contributed by atoms with Crippen LogP contribution in [0.4, 0.5) is 5.69 Å². The summed E-state index contributed by atoms with van der Waals surface area (Å²) in [5, 5.41) is 4.79. The largest absolute Gasteiger partial charge is 0.349 e. The maximum absolute atomic E-state index is 12.0. The number of halogens is 1. The number of carbonyl (C=O) groups excluding carboxylic acids is 1. The first-order valence-corrected chi connectivity index (χ1v) is 9.92. The molecule has 136 valence electrons. The van der Waals surface area contributed by atoms with Gasteiger partial charge in [0.2, 0.25) is 5.91 Å². The summed E-state index contributed by atoms with van der Waals surface area (Å²) in [4.78, 5) is 16.3. The lowest BCUT2D eigenvalue weighted by atomic mass is 9.84. The number of nitrogens with one attached hydrogen (secondary N) is 1. The van der Waals surface area contributed by atoms with Crippen LogP contribution in [0.3, 0.4) is 0 Å². The second kappa shape index (κ2) is 8.37. The van der Waals surface area contributed by atoms with Gasteiger partial charge < -0.3 is 15.1 Å².